The quantitative estimate of drug-likeness (QED) is 0.903. The number of hydrogen-bond donors (Lipinski definition) is 1. The Kier molecular flexibility index (Phi) is 3.50. The van der Waals surface area contributed by atoms with E-state index in [1.54, 1.807) is 0 Å². The summed E-state index contributed by atoms with van der Waals surface area (Å²) in [5.74, 6) is 0. The van der Waals surface area contributed by atoms with Crippen molar-refractivity contribution in [3.63, 3.8) is 0 Å². The van der Waals surface area contributed by atoms with Crippen LogP contribution in [0.5, 0.6) is 0 Å². The zero-order chi connectivity index (χ0) is 13.3. The predicted octanol–water partition coefficient (Wildman–Crippen LogP) is 3.19. The van der Waals surface area contributed by atoms with E-state index in [0.29, 0.717) is 0 Å². The summed E-state index contributed by atoms with van der Waals surface area (Å²) < 4.78 is 4.06. The second kappa shape index (κ2) is 4.78. The third kappa shape index (κ3) is 2.60. The minimum atomic E-state index is -0.139. The SMILES string of the molecule is Cc1ccc(C(N)c2snnc2C(C)(C)C)cc1. The summed E-state index contributed by atoms with van der Waals surface area (Å²) in [6.45, 7) is 8.48. The molecule has 4 heteroatoms. The van der Waals surface area contributed by atoms with Gasteiger partial charge in [-0.2, -0.15) is 0 Å². The molecule has 0 spiro atoms. The number of nitrogens with two attached hydrogens (primary N) is 1. The van der Waals surface area contributed by atoms with E-state index in [1.807, 2.05) is 0 Å². The molecule has 0 aliphatic rings. The van der Waals surface area contributed by atoms with Crippen LogP contribution in [0.2, 0.25) is 0 Å². The van der Waals surface area contributed by atoms with Gasteiger partial charge in [0, 0.05) is 5.41 Å². The van der Waals surface area contributed by atoms with Gasteiger partial charge in [0.05, 0.1) is 16.6 Å². The fraction of sp³-hybridized carbons (Fsp3) is 0.429. The molecule has 0 bridgehead atoms. The molecule has 18 heavy (non-hydrogen) atoms. The summed E-state index contributed by atoms with van der Waals surface area (Å²) in [4.78, 5) is 1.06. The summed E-state index contributed by atoms with van der Waals surface area (Å²) in [5.41, 5.74) is 9.66. The van der Waals surface area contributed by atoms with Crippen molar-refractivity contribution < 1.29 is 0 Å². The summed E-state index contributed by atoms with van der Waals surface area (Å²) >= 11 is 1.40. The fourth-order valence-corrected chi connectivity index (χ4v) is 2.74. The maximum atomic E-state index is 6.34. The van der Waals surface area contributed by atoms with E-state index in [1.165, 1.54) is 17.1 Å². The van der Waals surface area contributed by atoms with Gasteiger partial charge in [-0.3, -0.25) is 0 Å². The number of benzene rings is 1. The number of aromatic nitrogens is 2. The van der Waals surface area contributed by atoms with Crippen LogP contribution in [0.25, 0.3) is 0 Å². The van der Waals surface area contributed by atoms with Crippen molar-refractivity contribution in [1.82, 2.24) is 9.59 Å². The largest absolute Gasteiger partial charge is 0.320 e. The molecule has 0 aliphatic carbocycles. The number of aryl methyl sites for hydroxylation is 1. The Hall–Kier alpha value is -1.26. The molecular formula is C14H19N3S. The first-order chi connectivity index (χ1) is 8.39. The monoisotopic (exact) mass is 261 g/mol. The second-order valence-electron chi connectivity index (χ2n) is 5.62. The molecule has 1 heterocycles. The molecule has 1 aromatic carbocycles. The molecule has 2 rings (SSSR count). The predicted molar refractivity (Wildman–Crippen MR) is 75.8 cm³/mol. The Morgan fingerprint density at radius 2 is 1.78 bits per heavy atom. The van der Waals surface area contributed by atoms with Gasteiger partial charge < -0.3 is 5.73 Å². The molecule has 0 aliphatic heterocycles. The molecule has 1 aromatic heterocycles. The lowest BCUT2D eigenvalue weighted by molar-refractivity contribution is 0.556. The Morgan fingerprint density at radius 3 is 2.33 bits per heavy atom. The van der Waals surface area contributed by atoms with Crippen molar-refractivity contribution in [2.45, 2.75) is 39.2 Å². The van der Waals surface area contributed by atoms with Crippen molar-refractivity contribution in [2.75, 3.05) is 0 Å². The Labute approximate surface area is 112 Å². The van der Waals surface area contributed by atoms with Crippen molar-refractivity contribution in [3.8, 4) is 0 Å². The number of rotatable bonds is 2. The molecule has 3 nitrogen and oxygen atoms in total. The minimum Gasteiger partial charge on any atom is -0.320 e. The summed E-state index contributed by atoms with van der Waals surface area (Å²) in [7, 11) is 0. The van der Waals surface area contributed by atoms with Crippen LogP contribution in [-0.4, -0.2) is 9.59 Å². The average Bonchev–Trinajstić information content (AvgIpc) is 2.77. The van der Waals surface area contributed by atoms with Crippen LogP contribution in [0.15, 0.2) is 24.3 Å². The molecule has 1 unspecified atom stereocenters. The Morgan fingerprint density at radius 1 is 1.17 bits per heavy atom. The summed E-state index contributed by atoms with van der Waals surface area (Å²) in [6.07, 6.45) is 0. The maximum absolute atomic E-state index is 6.34. The maximum Gasteiger partial charge on any atom is 0.0860 e. The zero-order valence-corrected chi connectivity index (χ0v) is 12.1. The van der Waals surface area contributed by atoms with Crippen molar-refractivity contribution in [1.29, 1.82) is 0 Å². The first-order valence-electron chi connectivity index (χ1n) is 6.04. The standard InChI is InChI=1S/C14H19N3S/c1-9-5-7-10(8-6-9)11(15)12-13(14(2,3)4)16-17-18-12/h5-8,11H,15H2,1-4H3. The minimum absolute atomic E-state index is 0.0232. The average molecular weight is 261 g/mol. The molecule has 0 saturated carbocycles. The molecule has 2 aromatic rings. The third-order valence-corrected chi connectivity index (χ3v) is 3.75. The normalized spacial score (nSPS) is 13.6. The third-order valence-electron chi connectivity index (χ3n) is 2.94. The highest BCUT2D eigenvalue weighted by molar-refractivity contribution is 7.05. The van der Waals surface area contributed by atoms with E-state index in [0.717, 1.165) is 16.1 Å². The molecular weight excluding hydrogens is 242 g/mol. The fourth-order valence-electron chi connectivity index (χ4n) is 1.85. The van der Waals surface area contributed by atoms with Crippen molar-refractivity contribution in [2.24, 2.45) is 5.73 Å². The van der Waals surface area contributed by atoms with Crippen molar-refractivity contribution >= 4 is 11.5 Å². The van der Waals surface area contributed by atoms with Gasteiger partial charge in [-0.05, 0) is 24.0 Å². The van der Waals surface area contributed by atoms with E-state index in [2.05, 4.69) is 61.5 Å². The number of nitrogens with zero attached hydrogens (tertiary/aromatic N) is 2. The van der Waals surface area contributed by atoms with E-state index < -0.39 is 0 Å². The van der Waals surface area contributed by atoms with Crippen LogP contribution in [0.4, 0.5) is 0 Å². The molecule has 0 saturated heterocycles. The highest BCUT2D eigenvalue weighted by Crippen LogP contribution is 2.32. The van der Waals surface area contributed by atoms with E-state index in [9.17, 15) is 0 Å². The van der Waals surface area contributed by atoms with Gasteiger partial charge in [0.1, 0.15) is 0 Å². The van der Waals surface area contributed by atoms with Gasteiger partial charge in [-0.25, -0.2) is 0 Å². The van der Waals surface area contributed by atoms with Crippen LogP contribution >= 0.6 is 11.5 Å². The van der Waals surface area contributed by atoms with Gasteiger partial charge in [0.15, 0.2) is 0 Å². The van der Waals surface area contributed by atoms with Crippen LogP contribution in [0, 0.1) is 6.92 Å². The first-order valence-corrected chi connectivity index (χ1v) is 6.82. The van der Waals surface area contributed by atoms with Crippen LogP contribution in [0.1, 0.15) is 48.5 Å². The lowest BCUT2D eigenvalue weighted by Crippen LogP contribution is -2.19. The Balaban J connectivity index is 2.37. The zero-order valence-electron chi connectivity index (χ0n) is 11.3. The van der Waals surface area contributed by atoms with Gasteiger partial charge in [-0.1, -0.05) is 55.1 Å². The molecule has 0 fully saturated rings. The second-order valence-corrected chi connectivity index (χ2v) is 6.41. The van der Waals surface area contributed by atoms with E-state index >= 15 is 0 Å². The Bertz CT molecular complexity index is 523. The van der Waals surface area contributed by atoms with Gasteiger partial charge in [-0.15, -0.1) is 5.10 Å². The van der Waals surface area contributed by atoms with Crippen molar-refractivity contribution in [3.05, 3.63) is 46.0 Å². The molecule has 2 N–H and O–H groups in total. The van der Waals surface area contributed by atoms with Gasteiger partial charge in [0.2, 0.25) is 0 Å². The topological polar surface area (TPSA) is 51.8 Å². The number of hydrogen-bond acceptors (Lipinski definition) is 4. The van der Waals surface area contributed by atoms with Crippen LogP contribution < -0.4 is 5.73 Å². The molecule has 0 amide bonds. The van der Waals surface area contributed by atoms with Crippen LogP contribution in [0.3, 0.4) is 0 Å². The highest BCUT2D eigenvalue weighted by atomic mass is 32.1. The van der Waals surface area contributed by atoms with Gasteiger partial charge >= 0.3 is 0 Å². The van der Waals surface area contributed by atoms with Gasteiger partial charge in [0.25, 0.3) is 0 Å². The molecule has 1 atom stereocenters. The smallest absolute Gasteiger partial charge is 0.0860 e. The van der Waals surface area contributed by atoms with E-state index in [-0.39, 0.29) is 11.5 Å². The summed E-state index contributed by atoms with van der Waals surface area (Å²) in [6, 6.07) is 8.18. The van der Waals surface area contributed by atoms with E-state index in [4.69, 9.17) is 5.73 Å². The lowest BCUT2D eigenvalue weighted by atomic mass is 9.89. The molecule has 0 radical (unpaired) electrons. The highest BCUT2D eigenvalue weighted by Gasteiger charge is 2.26. The lowest BCUT2D eigenvalue weighted by Gasteiger charge is -2.19. The van der Waals surface area contributed by atoms with Crippen LogP contribution in [-0.2, 0) is 5.41 Å². The first kappa shape index (κ1) is 13.2. The summed E-state index contributed by atoms with van der Waals surface area (Å²) in [5, 5.41) is 4.24. The molecule has 96 valence electrons.